The number of halogens is 6. The van der Waals surface area contributed by atoms with Gasteiger partial charge in [0.2, 0.25) is 0 Å². The smallest absolute Gasteiger partial charge is 0.134 e. The van der Waals surface area contributed by atoms with Crippen molar-refractivity contribution in [2.75, 3.05) is 0 Å². The van der Waals surface area contributed by atoms with Gasteiger partial charge < -0.3 is 0 Å². The Bertz CT molecular complexity index is 914. The van der Waals surface area contributed by atoms with Crippen LogP contribution >= 0.6 is 6.89 Å². The van der Waals surface area contributed by atoms with Crippen LogP contribution in [0.2, 0.25) is 0 Å². The first-order chi connectivity index (χ1) is 13.8. The lowest BCUT2D eigenvalue weighted by Gasteiger charge is -2.30. The topological polar surface area (TPSA) is 0 Å². The van der Waals surface area contributed by atoms with Crippen LogP contribution in [0.3, 0.4) is 0 Å². The average Bonchev–Trinajstić information content (AvgIpc) is 2.65. The zero-order valence-electron chi connectivity index (χ0n) is 15.4. The van der Waals surface area contributed by atoms with E-state index in [9.17, 15) is 26.3 Å². The highest BCUT2D eigenvalue weighted by Crippen LogP contribution is 2.48. The van der Waals surface area contributed by atoms with Crippen molar-refractivity contribution in [2.45, 2.75) is 19.8 Å². The molecule has 0 amide bonds. The summed E-state index contributed by atoms with van der Waals surface area (Å²) in [4.78, 5) is 0. The third-order valence-corrected chi connectivity index (χ3v) is 8.77. The molecule has 3 aromatic carbocycles. The summed E-state index contributed by atoms with van der Waals surface area (Å²) in [6.07, 6.45) is 0.563. The third-order valence-electron chi connectivity index (χ3n) is 4.56. The van der Waals surface area contributed by atoms with Crippen molar-refractivity contribution >= 4 is 28.6 Å². The van der Waals surface area contributed by atoms with Crippen molar-refractivity contribution in [3.8, 4) is 0 Å². The largest absolute Gasteiger partial charge is 0.206 e. The van der Waals surface area contributed by atoms with Gasteiger partial charge in [-0.15, -0.1) is 0 Å². The van der Waals surface area contributed by atoms with E-state index in [0.29, 0.717) is 6.42 Å². The highest BCUT2D eigenvalue weighted by molar-refractivity contribution is 7.94. The Hall–Kier alpha value is -2.46. The molecule has 0 saturated heterocycles. The molecule has 3 aromatic rings. The van der Waals surface area contributed by atoms with Crippen LogP contribution in [0.15, 0.2) is 54.6 Å². The van der Waals surface area contributed by atoms with Gasteiger partial charge in [-0.3, -0.25) is 0 Å². The molecule has 0 fully saturated rings. The van der Waals surface area contributed by atoms with Gasteiger partial charge >= 0.3 is 0 Å². The van der Waals surface area contributed by atoms with Crippen molar-refractivity contribution in [1.82, 2.24) is 0 Å². The Labute approximate surface area is 164 Å². The van der Waals surface area contributed by atoms with E-state index >= 15 is 0 Å². The first kappa shape index (κ1) is 21.3. The minimum atomic E-state index is -4.17. The van der Waals surface area contributed by atoms with Crippen molar-refractivity contribution < 1.29 is 26.3 Å². The molecular formula is C22H17F6P. The Balaban J connectivity index is 2.67. The predicted octanol–water partition coefficient (Wildman–Crippen LogP) is 5.42. The quantitative estimate of drug-likeness (QED) is 0.378. The van der Waals surface area contributed by atoms with Crippen LogP contribution in [0.25, 0.3) is 0 Å². The molecule has 0 N–H and O–H groups in total. The zero-order valence-corrected chi connectivity index (χ0v) is 16.3. The number of rotatable bonds is 5. The van der Waals surface area contributed by atoms with E-state index < -0.39 is 57.7 Å². The number of benzene rings is 3. The maximum absolute atomic E-state index is 14.9. The molecule has 0 radical (unpaired) electrons. The van der Waals surface area contributed by atoms with E-state index in [1.807, 2.05) is 0 Å². The van der Waals surface area contributed by atoms with Crippen LogP contribution < -0.4 is 15.9 Å². The standard InChI is InChI=1S/C22H17F6P/c1-2-3-13-29(20-14(23)7-4-8-15(20)24,21-16(25)9-5-10-17(21)26)22-18(27)11-6-12-19(22)28/h4-13H,2-3H2,1H3. The number of hydrogen-bond acceptors (Lipinski definition) is 0. The molecule has 29 heavy (non-hydrogen) atoms. The lowest BCUT2D eigenvalue weighted by atomic mass is 10.3. The molecule has 152 valence electrons. The first-order valence-corrected chi connectivity index (χ1v) is 10.8. The molecule has 0 nitrogen and oxygen atoms in total. The molecule has 0 spiro atoms. The Morgan fingerprint density at radius 3 is 1.10 bits per heavy atom. The molecule has 0 heterocycles. The normalized spacial score (nSPS) is 11.6. The summed E-state index contributed by atoms with van der Waals surface area (Å²) in [5, 5.41) is -2.20. The maximum Gasteiger partial charge on any atom is 0.134 e. The van der Waals surface area contributed by atoms with E-state index in [0.717, 1.165) is 54.6 Å². The van der Waals surface area contributed by atoms with Crippen LogP contribution in [0.4, 0.5) is 26.3 Å². The van der Waals surface area contributed by atoms with Crippen LogP contribution in [-0.4, -0.2) is 5.80 Å². The van der Waals surface area contributed by atoms with Crippen LogP contribution in [0.1, 0.15) is 19.8 Å². The van der Waals surface area contributed by atoms with Gasteiger partial charge in [0.25, 0.3) is 0 Å². The fraction of sp³-hybridized carbons (Fsp3) is 0.136. The van der Waals surface area contributed by atoms with E-state index in [4.69, 9.17) is 0 Å². The molecule has 0 unspecified atom stereocenters. The summed E-state index contributed by atoms with van der Waals surface area (Å²) >= 11 is 0. The second-order valence-electron chi connectivity index (χ2n) is 6.40. The molecule has 0 bridgehead atoms. The lowest BCUT2D eigenvalue weighted by Crippen LogP contribution is -2.37. The molecule has 3 rings (SSSR count). The lowest BCUT2D eigenvalue weighted by molar-refractivity contribution is 0.591. The van der Waals surface area contributed by atoms with Crippen LogP contribution in [0.5, 0.6) is 0 Å². The van der Waals surface area contributed by atoms with Gasteiger partial charge in [-0.1, -0.05) is 37.3 Å². The van der Waals surface area contributed by atoms with E-state index in [1.165, 1.54) is 5.80 Å². The monoisotopic (exact) mass is 426 g/mol. The minimum Gasteiger partial charge on any atom is -0.206 e. The Morgan fingerprint density at radius 1 is 0.586 bits per heavy atom. The van der Waals surface area contributed by atoms with Gasteiger partial charge in [0.15, 0.2) is 0 Å². The number of unbranched alkanes of at least 4 members (excludes halogenated alkanes) is 1. The molecule has 0 aromatic heterocycles. The molecule has 0 aliphatic rings. The summed E-state index contributed by atoms with van der Waals surface area (Å²) in [7, 11) is 0. The molecule has 0 aliphatic carbocycles. The summed E-state index contributed by atoms with van der Waals surface area (Å²) < 4.78 is 89.7. The second kappa shape index (κ2) is 8.50. The summed E-state index contributed by atoms with van der Waals surface area (Å²) in [5.74, 6) is -5.50. The summed E-state index contributed by atoms with van der Waals surface area (Å²) in [6, 6.07) is 8.69. The fourth-order valence-electron chi connectivity index (χ4n) is 3.41. The third kappa shape index (κ3) is 3.62. The molecule has 0 aliphatic heterocycles. The molecular weight excluding hydrogens is 409 g/mol. The van der Waals surface area contributed by atoms with Crippen LogP contribution in [-0.2, 0) is 0 Å². The highest BCUT2D eigenvalue weighted by Gasteiger charge is 2.38. The fourth-order valence-corrected chi connectivity index (χ4v) is 7.74. The van der Waals surface area contributed by atoms with Gasteiger partial charge in [-0.05, 0) is 49.7 Å². The van der Waals surface area contributed by atoms with Crippen molar-refractivity contribution in [1.29, 1.82) is 0 Å². The van der Waals surface area contributed by atoms with Gasteiger partial charge in [-0.2, -0.15) is 0 Å². The second-order valence-corrected chi connectivity index (χ2v) is 9.56. The molecule has 0 saturated carbocycles. The van der Waals surface area contributed by atoms with Crippen molar-refractivity contribution in [2.24, 2.45) is 0 Å². The summed E-state index contributed by atoms with van der Waals surface area (Å²) in [5.41, 5.74) is 0. The minimum absolute atomic E-state index is 0.128. The average molecular weight is 426 g/mol. The van der Waals surface area contributed by atoms with E-state index in [-0.39, 0.29) is 6.42 Å². The van der Waals surface area contributed by atoms with E-state index in [1.54, 1.807) is 6.92 Å². The van der Waals surface area contributed by atoms with Crippen molar-refractivity contribution in [3.05, 3.63) is 89.5 Å². The number of hydrogen-bond donors (Lipinski definition) is 0. The van der Waals surface area contributed by atoms with E-state index in [2.05, 4.69) is 0 Å². The SMILES string of the molecule is CCCC=P(c1c(F)cccc1F)(c1c(F)cccc1F)c1c(F)cccc1F. The zero-order chi connectivity index (χ0) is 21.2. The Kier molecular flexibility index (Phi) is 6.23. The van der Waals surface area contributed by atoms with Gasteiger partial charge in [0.1, 0.15) is 34.9 Å². The predicted molar refractivity (Wildman–Crippen MR) is 106 cm³/mol. The molecule has 0 atom stereocenters. The summed E-state index contributed by atoms with van der Waals surface area (Å²) in [6.45, 7) is -2.44. The van der Waals surface area contributed by atoms with Gasteiger partial charge in [-0.25, -0.2) is 26.3 Å². The maximum atomic E-state index is 14.9. The van der Waals surface area contributed by atoms with Gasteiger partial charge in [0.05, 0.1) is 15.9 Å². The van der Waals surface area contributed by atoms with Gasteiger partial charge in [0, 0.05) is 0 Å². The van der Waals surface area contributed by atoms with Crippen molar-refractivity contribution in [3.63, 3.8) is 0 Å². The Morgan fingerprint density at radius 2 is 0.862 bits per heavy atom. The highest BCUT2D eigenvalue weighted by atomic mass is 31.2. The van der Waals surface area contributed by atoms with Crippen LogP contribution in [0, 0.1) is 34.9 Å². The first-order valence-electron chi connectivity index (χ1n) is 8.91. The molecule has 7 heteroatoms.